The highest BCUT2D eigenvalue weighted by molar-refractivity contribution is 8.04. The SMILES string of the molecule is CCn1c(S/C(=C\c2ccc(OCc3ccccc3F)c(OC)c2)C(=O)O)nnc1-c1cc(OC)cc(OC)c1. The number of halogens is 1. The maximum Gasteiger partial charge on any atom is 0.342 e. The zero-order chi connectivity index (χ0) is 28.6. The fourth-order valence-electron chi connectivity index (χ4n) is 3.85. The zero-order valence-corrected chi connectivity index (χ0v) is 23.2. The molecule has 0 spiro atoms. The molecule has 0 bridgehead atoms. The molecule has 4 rings (SSSR count). The van der Waals surface area contributed by atoms with E-state index in [1.165, 1.54) is 19.3 Å². The highest BCUT2D eigenvalue weighted by Crippen LogP contribution is 2.35. The minimum absolute atomic E-state index is 0.0165. The molecule has 0 fully saturated rings. The normalized spacial score (nSPS) is 11.3. The number of carboxylic acid groups (broad SMARTS) is 1. The average Bonchev–Trinajstić information content (AvgIpc) is 3.38. The molecule has 0 aliphatic carbocycles. The van der Waals surface area contributed by atoms with Crippen molar-refractivity contribution >= 4 is 23.8 Å². The van der Waals surface area contributed by atoms with Crippen LogP contribution in [-0.4, -0.2) is 47.2 Å². The Labute approximate surface area is 235 Å². The molecule has 9 nitrogen and oxygen atoms in total. The number of hydrogen-bond acceptors (Lipinski definition) is 8. The third-order valence-corrected chi connectivity index (χ3v) is 6.88. The molecule has 0 saturated heterocycles. The highest BCUT2D eigenvalue weighted by Gasteiger charge is 2.20. The first-order chi connectivity index (χ1) is 19.4. The van der Waals surface area contributed by atoms with Gasteiger partial charge in [-0.3, -0.25) is 0 Å². The summed E-state index contributed by atoms with van der Waals surface area (Å²) in [5, 5.41) is 19.0. The fraction of sp³-hybridized carbons (Fsp3) is 0.207. The molecular weight excluding hydrogens is 537 g/mol. The molecule has 0 saturated carbocycles. The lowest BCUT2D eigenvalue weighted by atomic mass is 10.2. The number of aliphatic carboxylic acids is 1. The van der Waals surface area contributed by atoms with E-state index in [0.29, 0.717) is 57.2 Å². The van der Waals surface area contributed by atoms with Gasteiger partial charge in [0.05, 0.1) is 21.3 Å². The lowest BCUT2D eigenvalue weighted by Gasteiger charge is -2.12. The van der Waals surface area contributed by atoms with E-state index >= 15 is 0 Å². The average molecular weight is 566 g/mol. The molecular formula is C29H28FN3O6S. The van der Waals surface area contributed by atoms with E-state index in [1.807, 2.05) is 23.6 Å². The van der Waals surface area contributed by atoms with Crippen molar-refractivity contribution in [3.05, 3.63) is 82.5 Å². The van der Waals surface area contributed by atoms with E-state index in [9.17, 15) is 14.3 Å². The van der Waals surface area contributed by atoms with Gasteiger partial charge in [-0.25, -0.2) is 9.18 Å². The van der Waals surface area contributed by atoms with Gasteiger partial charge in [0.2, 0.25) is 0 Å². The lowest BCUT2D eigenvalue weighted by molar-refractivity contribution is -0.131. The number of carbonyl (C=O) groups is 1. The quantitative estimate of drug-likeness (QED) is 0.165. The summed E-state index contributed by atoms with van der Waals surface area (Å²) in [5.74, 6) is 1.02. The van der Waals surface area contributed by atoms with Gasteiger partial charge in [-0.05, 0) is 60.7 Å². The number of methoxy groups -OCH3 is 3. The maximum atomic E-state index is 14.0. The second-order valence-corrected chi connectivity index (χ2v) is 9.37. The van der Waals surface area contributed by atoms with Crippen molar-refractivity contribution in [2.45, 2.75) is 25.2 Å². The van der Waals surface area contributed by atoms with Crippen LogP contribution in [0, 0.1) is 5.82 Å². The van der Waals surface area contributed by atoms with Gasteiger partial charge >= 0.3 is 5.97 Å². The van der Waals surface area contributed by atoms with E-state index in [1.54, 1.807) is 56.7 Å². The number of hydrogen-bond donors (Lipinski definition) is 1. The molecule has 0 amide bonds. The first-order valence-electron chi connectivity index (χ1n) is 12.2. The molecule has 0 unspecified atom stereocenters. The van der Waals surface area contributed by atoms with E-state index in [2.05, 4.69) is 10.2 Å². The Morgan fingerprint density at radius 1 is 0.975 bits per heavy atom. The summed E-state index contributed by atoms with van der Waals surface area (Å²) in [4.78, 5) is 12.2. The largest absolute Gasteiger partial charge is 0.497 e. The third-order valence-electron chi connectivity index (χ3n) is 5.88. The van der Waals surface area contributed by atoms with Gasteiger partial charge in [0.15, 0.2) is 22.5 Å². The number of carboxylic acids is 1. The molecule has 11 heteroatoms. The van der Waals surface area contributed by atoms with E-state index in [4.69, 9.17) is 18.9 Å². The molecule has 40 heavy (non-hydrogen) atoms. The predicted molar refractivity (Wildman–Crippen MR) is 149 cm³/mol. The van der Waals surface area contributed by atoms with Gasteiger partial charge in [-0.2, -0.15) is 0 Å². The van der Waals surface area contributed by atoms with Gasteiger partial charge < -0.3 is 28.6 Å². The molecule has 1 heterocycles. The van der Waals surface area contributed by atoms with E-state index in [-0.39, 0.29) is 17.3 Å². The van der Waals surface area contributed by atoms with Crippen molar-refractivity contribution in [1.29, 1.82) is 0 Å². The van der Waals surface area contributed by atoms with Crippen LogP contribution in [0.4, 0.5) is 4.39 Å². The molecule has 4 aromatic rings. The van der Waals surface area contributed by atoms with Gasteiger partial charge in [0.1, 0.15) is 28.8 Å². The van der Waals surface area contributed by atoms with Crippen LogP contribution >= 0.6 is 11.8 Å². The van der Waals surface area contributed by atoms with Gasteiger partial charge in [-0.15, -0.1) is 10.2 Å². The van der Waals surface area contributed by atoms with Gasteiger partial charge in [-0.1, -0.05) is 24.3 Å². The van der Waals surface area contributed by atoms with Crippen LogP contribution < -0.4 is 18.9 Å². The number of ether oxygens (including phenoxy) is 4. The summed E-state index contributed by atoms with van der Waals surface area (Å²) in [7, 11) is 4.60. The minimum atomic E-state index is -1.13. The Balaban J connectivity index is 1.60. The fourth-order valence-corrected chi connectivity index (χ4v) is 4.73. The molecule has 0 aliphatic heterocycles. The van der Waals surface area contributed by atoms with Crippen LogP contribution in [0.3, 0.4) is 0 Å². The summed E-state index contributed by atoms with van der Waals surface area (Å²) in [5.41, 5.74) is 1.69. The van der Waals surface area contributed by atoms with Crippen molar-refractivity contribution in [2.24, 2.45) is 0 Å². The van der Waals surface area contributed by atoms with Crippen molar-refractivity contribution in [2.75, 3.05) is 21.3 Å². The molecule has 1 aromatic heterocycles. The Morgan fingerprint density at radius 3 is 2.33 bits per heavy atom. The van der Waals surface area contributed by atoms with Crippen LogP contribution in [0.2, 0.25) is 0 Å². The van der Waals surface area contributed by atoms with Crippen molar-refractivity contribution in [1.82, 2.24) is 14.8 Å². The van der Waals surface area contributed by atoms with Crippen molar-refractivity contribution < 1.29 is 33.2 Å². The summed E-state index contributed by atoms with van der Waals surface area (Å²) < 4.78 is 37.7. The maximum absolute atomic E-state index is 14.0. The third kappa shape index (κ3) is 6.55. The summed E-state index contributed by atoms with van der Waals surface area (Å²) in [6, 6.07) is 16.7. The summed E-state index contributed by atoms with van der Waals surface area (Å²) in [6.07, 6.45) is 1.51. The second-order valence-electron chi connectivity index (χ2n) is 8.36. The number of aromatic nitrogens is 3. The Hall–Kier alpha value is -4.51. The first kappa shape index (κ1) is 28.5. The van der Waals surface area contributed by atoms with E-state index < -0.39 is 5.97 Å². The van der Waals surface area contributed by atoms with Crippen LogP contribution in [0.15, 0.2) is 70.7 Å². The zero-order valence-electron chi connectivity index (χ0n) is 22.4. The Kier molecular flexibility index (Phi) is 9.28. The van der Waals surface area contributed by atoms with Crippen LogP contribution in [0.5, 0.6) is 23.0 Å². The molecule has 0 atom stereocenters. The van der Waals surface area contributed by atoms with Gasteiger partial charge in [0, 0.05) is 23.7 Å². The lowest BCUT2D eigenvalue weighted by Crippen LogP contribution is -2.03. The van der Waals surface area contributed by atoms with E-state index in [0.717, 1.165) is 11.8 Å². The second kappa shape index (κ2) is 13.0. The summed E-state index contributed by atoms with van der Waals surface area (Å²) in [6.45, 7) is 2.44. The highest BCUT2D eigenvalue weighted by atomic mass is 32.2. The molecule has 3 aromatic carbocycles. The number of rotatable bonds is 12. The molecule has 0 radical (unpaired) electrons. The molecule has 0 aliphatic rings. The first-order valence-corrected chi connectivity index (χ1v) is 13.0. The number of benzene rings is 3. The van der Waals surface area contributed by atoms with Crippen molar-refractivity contribution in [3.63, 3.8) is 0 Å². The van der Waals surface area contributed by atoms with Crippen molar-refractivity contribution in [3.8, 4) is 34.4 Å². The molecule has 1 N–H and O–H groups in total. The number of thioether (sulfide) groups is 1. The van der Waals surface area contributed by atoms with Gasteiger partial charge in [0.25, 0.3) is 0 Å². The smallest absolute Gasteiger partial charge is 0.342 e. The van der Waals surface area contributed by atoms with Crippen LogP contribution in [0.1, 0.15) is 18.1 Å². The minimum Gasteiger partial charge on any atom is -0.497 e. The predicted octanol–water partition coefficient (Wildman–Crippen LogP) is 5.93. The standard InChI is InChI=1S/C29H28FN3O6S/c1-5-33-27(20-14-21(36-2)16-22(15-20)37-3)31-32-29(33)40-26(28(34)35)13-18-10-11-24(25(12-18)38-4)39-17-19-8-6-7-9-23(19)30/h6-16H,5,17H2,1-4H3,(H,34,35)/b26-13-. The van der Waals surface area contributed by atoms with Crippen LogP contribution in [0.25, 0.3) is 17.5 Å². The monoisotopic (exact) mass is 565 g/mol. The Morgan fingerprint density at radius 2 is 1.70 bits per heavy atom. The summed E-state index contributed by atoms with van der Waals surface area (Å²) >= 11 is 0.980. The Bertz CT molecular complexity index is 1520. The number of nitrogens with zero attached hydrogens (tertiary/aromatic N) is 3. The van der Waals surface area contributed by atoms with Crippen LogP contribution in [-0.2, 0) is 17.9 Å². The molecule has 208 valence electrons. The topological polar surface area (TPSA) is 105 Å².